The highest BCUT2D eigenvalue weighted by atomic mass is 31.2. The van der Waals surface area contributed by atoms with Crippen LogP contribution in [0.25, 0.3) is 0 Å². The molecule has 0 aromatic heterocycles. The van der Waals surface area contributed by atoms with Gasteiger partial charge in [0.05, 0.1) is 24.6 Å². The summed E-state index contributed by atoms with van der Waals surface area (Å²) in [7, 11) is -6.61. The Bertz CT molecular complexity index is 184. The van der Waals surface area contributed by atoms with Gasteiger partial charge in [-0.25, -0.2) is 0 Å². The molecule has 0 aliphatic carbocycles. The van der Waals surface area contributed by atoms with Crippen LogP contribution in [0.5, 0.6) is 0 Å². The summed E-state index contributed by atoms with van der Waals surface area (Å²) in [4.78, 5) is 0. The maximum atomic E-state index is 9.75. The predicted octanol–water partition coefficient (Wildman–Crippen LogP) is 5.72. The first kappa shape index (κ1) is 20.3. The predicted molar refractivity (Wildman–Crippen MR) is 77.6 cm³/mol. The Balaban J connectivity index is 0. The van der Waals surface area contributed by atoms with Crippen LogP contribution in [-0.2, 0) is 0 Å². The molecule has 0 aromatic carbocycles. The molecule has 0 atom stereocenters. The van der Waals surface area contributed by atoms with Crippen molar-refractivity contribution in [1.29, 1.82) is 0 Å². The van der Waals surface area contributed by atoms with Crippen molar-refractivity contribution in [3.05, 3.63) is 12.7 Å². The Labute approximate surface area is 110 Å². The van der Waals surface area contributed by atoms with Crippen LogP contribution in [0.2, 0.25) is 0 Å². The highest BCUT2D eigenvalue weighted by Crippen LogP contribution is 2.59. The molecule has 0 spiro atoms. The molecule has 18 heavy (non-hydrogen) atoms. The molecule has 0 radical (unpaired) electrons. The number of rotatable bonds is 8. The van der Waals surface area contributed by atoms with E-state index < -0.39 is 14.5 Å². The van der Waals surface area contributed by atoms with E-state index in [1.165, 1.54) is 43.9 Å². The van der Waals surface area contributed by atoms with Crippen LogP contribution in [0.3, 0.4) is 0 Å². The molecule has 0 N–H and O–H groups in total. The monoisotopic (exact) mass is 288 g/mol. The van der Waals surface area contributed by atoms with Gasteiger partial charge in [0.25, 0.3) is 0 Å². The third-order valence-corrected chi connectivity index (χ3v) is 7.83. The lowest BCUT2D eigenvalue weighted by molar-refractivity contribution is 0.368. The molecular formula is C12H26BF4P. The van der Waals surface area contributed by atoms with E-state index >= 15 is 0 Å². The molecule has 0 saturated carbocycles. The van der Waals surface area contributed by atoms with Crippen LogP contribution in [0.15, 0.2) is 12.7 Å². The van der Waals surface area contributed by atoms with Gasteiger partial charge >= 0.3 is 7.25 Å². The van der Waals surface area contributed by atoms with Gasteiger partial charge in [-0.1, -0.05) is 33.4 Å². The molecule has 0 fully saturated rings. The Hall–Kier alpha value is -0.0451. The van der Waals surface area contributed by atoms with E-state index in [2.05, 4.69) is 33.4 Å². The van der Waals surface area contributed by atoms with E-state index in [-0.39, 0.29) is 0 Å². The van der Waals surface area contributed by atoms with E-state index in [1.54, 1.807) is 0 Å². The lowest BCUT2D eigenvalue weighted by Crippen LogP contribution is -2.10. The minimum absolute atomic E-state index is 0.614. The third kappa shape index (κ3) is 14.0. The van der Waals surface area contributed by atoms with Crippen molar-refractivity contribution in [3.8, 4) is 0 Å². The second-order valence-corrected chi connectivity index (χ2v) is 8.87. The van der Waals surface area contributed by atoms with Gasteiger partial charge in [0, 0.05) is 7.26 Å². The molecule has 0 rings (SSSR count). The molecular weight excluding hydrogens is 262 g/mol. The molecule has 0 bridgehead atoms. The van der Waals surface area contributed by atoms with Gasteiger partial charge < -0.3 is 17.3 Å². The summed E-state index contributed by atoms with van der Waals surface area (Å²) in [5.74, 6) is 0. The third-order valence-electron chi connectivity index (χ3n) is 2.61. The minimum atomic E-state index is -6.00. The van der Waals surface area contributed by atoms with E-state index in [0.717, 1.165) is 0 Å². The first-order valence-electron chi connectivity index (χ1n) is 6.58. The van der Waals surface area contributed by atoms with Crippen LogP contribution in [0.4, 0.5) is 17.3 Å². The first-order valence-corrected chi connectivity index (χ1v) is 9.11. The number of hydrogen-bond donors (Lipinski definition) is 0. The van der Waals surface area contributed by atoms with Gasteiger partial charge in [0.1, 0.15) is 0 Å². The maximum absolute atomic E-state index is 9.75. The molecule has 0 aliphatic heterocycles. The number of allylic oxidation sites excluding steroid dienone is 1. The largest absolute Gasteiger partial charge is 0.673 e. The maximum Gasteiger partial charge on any atom is 0.673 e. The van der Waals surface area contributed by atoms with Gasteiger partial charge in [-0.05, 0) is 19.3 Å². The zero-order valence-corrected chi connectivity index (χ0v) is 12.7. The summed E-state index contributed by atoms with van der Waals surface area (Å²) in [5.41, 5.74) is 0. The van der Waals surface area contributed by atoms with Gasteiger partial charge in [0.2, 0.25) is 0 Å². The summed E-state index contributed by atoms with van der Waals surface area (Å²) >= 11 is 0. The average Bonchev–Trinajstić information content (AvgIpc) is 2.16. The fourth-order valence-corrected chi connectivity index (χ4v) is 6.92. The van der Waals surface area contributed by atoms with E-state index in [0.29, 0.717) is 0 Å². The van der Waals surface area contributed by atoms with Crippen molar-refractivity contribution in [2.75, 3.05) is 24.6 Å². The Morgan fingerprint density at radius 2 is 1.17 bits per heavy atom. The van der Waals surface area contributed by atoms with Crippen molar-refractivity contribution in [2.24, 2.45) is 0 Å². The van der Waals surface area contributed by atoms with Crippen LogP contribution in [0.1, 0.15) is 40.0 Å². The molecule has 0 saturated heterocycles. The lowest BCUT2D eigenvalue weighted by Gasteiger charge is -2.25. The SMILES string of the molecule is C=CC[P+](CCC)(CCC)CCC.F[B-](F)(F)F. The number of hydrogen-bond acceptors (Lipinski definition) is 0. The van der Waals surface area contributed by atoms with E-state index in [4.69, 9.17) is 0 Å². The van der Waals surface area contributed by atoms with Crippen molar-refractivity contribution >= 4 is 14.5 Å². The molecule has 0 aliphatic rings. The number of halogens is 4. The van der Waals surface area contributed by atoms with E-state index in [9.17, 15) is 17.3 Å². The zero-order chi connectivity index (χ0) is 14.7. The second-order valence-electron chi connectivity index (χ2n) is 4.48. The van der Waals surface area contributed by atoms with Crippen LogP contribution < -0.4 is 0 Å². The highest BCUT2D eigenvalue weighted by Gasteiger charge is 2.32. The smallest absolute Gasteiger partial charge is 0.418 e. The molecule has 110 valence electrons. The van der Waals surface area contributed by atoms with Crippen LogP contribution in [-0.4, -0.2) is 31.9 Å². The van der Waals surface area contributed by atoms with Gasteiger partial charge in [-0.2, -0.15) is 0 Å². The summed E-state index contributed by atoms with van der Waals surface area (Å²) in [6, 6.07) is 0. The van der Waals surface area contributed by atoms with Gasteiger partial charge in [-0.3, -0.25) is 0 Å². The lowest BCUT2D eigenvalue weighted by atomic mass is 10.3. The zero-order valence-electron chi connectivity index (χ0n) is 11.8. The molecule has 0 aromatic rings. The Kier molecular flexibility index (Phi) is 12.2. The molecule has 6 heteroatoms. The fourth-order valence-electron chi connectivity index (χ4n) is 2.31. The summed E-state index contributed by atoms with van der Waals surface area (Å²) in [6.07, 6.45) is 12.0. The summed E-state index contributed by atoms with van der Waals surface area (Å²) < 4.78 is 39.0. The van der Waals surface area contributed by atoms with Crippen molar-refractivity contribution in [3.63, 3.8) is 0 Å². The summed E-state index contributed by atoms with van der Waals surface area (Å²) in [6.45, 7) is 10.9. The molecule has 0 unspecified atom stereocenters. The highest BCUT2D eigenvalue weighted by molar-refractivity contribution is 7.76. The average molecular weight is 288 g/mol. The normalized spacial score (nSPS) is 11.7. The van der Waals surface area contributed by atoms with Crippen molar-refractivity contribution in [1.82, 2.24) is 0 Å². The standard InChI is InChI=1S/C12H26P.BF4/c1-5-9-13(10-6-2,11-7-3)12-8-4;2-1(3,4)5/h5H,1,6-12H2,2-4H3;/q+1;-1. The second kappa shape index (κ2) is 10.8. The minimum Gasteiger partial charge on any atom is -0.418 e. The quantitative estimate of drug-likeness (QED) is 0.232. The van der Waals surface area contributed by atoms with Gasteiger partial charge in [-0.15, -0.1) is 0 Å². The molecule has 0 amide bonds. The first-order chi connectivity index (χ1) is 8.24. The molecule has 0 heterocycles. The fraction of sp³-hybridized carbons (Fsp3) is 0.833. The van der Waals surface area contributed by atoms with Crippen LogP contribution in [0, 0.1) is 0 Å². The molecule has 0 nitrogen and oxygen atoms in total. The topological polar surface area (TPSA) is 0 Å². The van der Waals surface area contributed by atoms with Crippen molar-refractivity contribution in [2.45, 2.75) is 40.0 Å². The van der Waals surface area contributed by atoms with E-state index in [1.807, 2.05) is 0 Å². The van der Waals surface area contributed by atoms with Gasteiger partial charge in [0.15, 0.2) is 0 Å². The van der Waals surface area contributed by atoms with Crippen molar-refractivity contribution < 1.29 is 17.3 Å². The Morgan fingerprint density at radius 3 is 1.33 bits per heavy atom. The Morgan fingerprint density at radius 1 is 0.889 bits per heavy atom. The summed E-state index contributed by atoms with van der Waals surface area (Å²) in [5, 5.41) is 0. The van der Waals surface area contributed by atoms with Crippen LogP contribution >= 0.6 is 7.26 Å².